The molecule has 0 saturated heterocycles. The van der Waals surface area contributed by atoms with E-state index in [0.717, 1.165) is 11.4 Å². The Labute approximate surface area is 113 Å². The number of ether oxygens (including phenoxy) is 1. The van der Waals surface area contributed by atoms with Gasteiger partial charge < -0.3 is 15.8 Å². The quantitative estimate of drug-likeness (QED) is 0.869. The molecule has 0 bridgehead atoms. The van der Waals surface area contributed by atoms with Crippen molar-refractivity contribution in [1.29, 1.82) is 0 Å². The molecule has 1 aliphatic rings. The van der Waals surface area contributed by atoms with E-state index in [-0.39, 0.29) is 5.91 Å². The van der Waals surface area contributed by atoms with Crippen LogP contribution in [0.25, 0.3) is 0 Å². The molecule has 19 heavy (non-hydrogen) atoms. The smallest absolute Gasteiger partial charge is 0.268 e. The van der Waals surface area contributed by atoms with Crippen LogP contribution in [-0.4, -0.2) is 31.1 Å². The summed E-state index contributed by atoms with van der Waals surface area (Å²) in [5, 5.41) is 3.07. The van der Waals surface area contributed by atoms with Crippen molar-refractivity contribution < 1.29 is 9.53 Å². The highest BCUT2D eigenvalue weighted by Gasteiger charge is 2.39. The van der Waals surface area contributed by atoms with Gasteiger partial charge in [0.1, 0.15) is 5.75 Å². The highest BCUT2D eigenvalue weighted by Crippen LogP contribution is 2.39. The molecular formula is C14H21N3O2. The molecule has 3 N–H and O–H groups in total. The van der Waals surface area contributed by atoms with E-state index in [0.29, 0.717) is 12.3 Å². The number of anilines is 2. The first-order valence-corrected chi connectivity index (χ1v) is 6.43. The topological polar surface area (TPSA) is 67.6 Å². The van der Waals surface area contributed by atoms with Gasteiger partial charge >= 0.3 is 0 Å². The van der Waals surface area contributed by atoms with Gasteiger partial charge in [-0.2, -0.15) is 0 Å². The molecule has 1 aromatic carbocycles. The van der Waals surface area contributed by atoms with E-state index in [1.807, 2.05) is 39.1 Å². The summed E-state index contributed by atoms with van der Waals surface area (Å²) in [5.74, 6) is 0.656. The number of carbonyl (C=O) groups is 1. The maximum atomic E-state index is 12.4. The van der Waals surface area contributed by atoms with Crippen LogP contribution in [0.2, 0.25) is 0 Å². The van der Waals surface area contributed by atoms with Gasteiger partial charge in [-0.3, -0.25) is 9.69 Å². The summed E-state index contributed by atoms with van der Waals surface area (Å²) in [6, 6.07) is 5.72. The Bertz CT molecular complexity index is 499. The molecule has 2 rings (SSSR count). The lowest BCUT2D eigenvalue weighted by Gasteiger charge is -2.43. The van der Waals surface area contributed by atoms with Gasteiger partial charge in [0.15, 0.2) is 6.10 Å². The number of nitrogens with two attached hydrogens (primary N) is 1. The highest BCUT2D eigenvalue weighted by atomic mass is 16.5. The molecule has 1 heterocycles. The molecule has 5 heteroatoms. The molecule has 0 radical (unpaired) electrons. The van der Waals surface area contributed by atoms with Crippen molar-refractivity contribution in [3.05, 3.63) is 18.2 Å². The first-order valence-electron chi connectivity index (χ1n) is 6.43. The van der Waals surface area contributed by atoms with E-state index in [9.17, 15) is 4.79 Å². The van der Waals surface area contributed by atoms with E-state index in [1.165, 1.54) is 0 Å². The second-order valence-corrected chi connectivity index (χ2v) is 5.38. The first-order chi connectivity index (χ1) is 8.90. The lowest BCUT2D eigenvalue weighted by molar-refractivity contribution is -0.126. The molecule has 5 nitrogen and oxygen atoms in total. The molecule has 1 amide bonds. The second-order valence-electron chi connectivity index (χ2n) is 5.38. The summed E-state index contributed by atoms with van der Waals surface area (Å²) >= 11 is 0. The van der Waals surface area contributed by atoms with Crippen LogP contribution < -0.4 is 20.7 Å². The number of benzene rings is 1. The molecule has 0 saturated carbocycles. The largest absolute Gasteiger partial charge is 0.479 e. The molecule has 1 unspecified atom stereocenters. The number of rotatable bonds is 3. The van der Waals surface area contributed by atoms with E-state index < -0.39 is 11.6 Å². The van der Waals surface area contributed by atoms with Gasteiger partial charge in [0, 0.05) is 19.3 Å². The van der Waals surface area contributed by atoms with Gasteiger partial charge in [-0.05, 0) is 39.0 Å². The zero-order valence-corrected chi connectivity index (χ0v) is 11.9. The predicted octanol–water partition coefficient (Wildman–Crippen LogP) is 1.58. The average molecular weight is 263 g/mol. The van der Waals surface area contributed by atoms with Crippen molar-refractivity contribution >= 4 is 17.3 Å². The van der Waals surface area contributed by atoms with Crippen molar-refractivity contribution in [3.63, 3.8) is 0 Å². The maximum Gasteiger partial charge on any atom is 0.268 e. The molecular weight excluding hydrogens is 242 g/mol. The molecule has 0 fully saturated rings. The van der Waals surface area contributed by atoms with Gasteiger partial charge in [0.2, 0.25) is 0 Å². The summed E-state index contributed by atoms with van der Waals surface area (Å²) in [5.41, 5.74) is 7.08. The number of hydrogen-bond donors (Lipinski definition) is 2. The molecule has 0 aromatic heterocycles. The SMILES string of the molecule is CNc1ccc2c(c1)N(C(C)(C)CN)C(=O)C(C)O2. The number of nitrogens with one attached hydrogen (secondary N) is 1. The fourth-order valence-corrected chi connectivity index (χ4v) is 2.20. The van der Waals surface area contributed by atoms with E-state index >= 15 is 0 Å². The molecule has 0 spiro atoms. The average Bonchev–Trinajstić information content (AvgIpc) is 2.39. The molecule has 0 aliphatic carbocycles. The van der Waals surface area contributed by atoms with Crippen LogP contribution in [0.5, 0.6) is 5.75 Å². The zero-order chi connectivity index (χ0) is 14.2. The predicted molar refractivity (Wildman–Crippen MR) is 76.7 cm³/mol. The van der Waals surface area contributed by atoms with Gasteiger partial charge in [-0.25, -0.2) is 0 Å². The molecule has 1 aromatic rings. The standard InChI is InChI=1S/C14H21N3O2/c1-9-13(18)17(14(2,3)8-15)11-7-10(16-4)5-6-12(11)19-9/h5-7,9,16H,8,15H2,1-4H3. The van der Waals surface area contributed by atoms with Gasteiger partial charge in [-0.15, -0.1) is 0 Å². The summed E-state index contributed by atoms with van der Waals surface area (Å²) in [6.45, 7) is 6.06. The Hall–Kier alpha value is -1.75. The van der Waals surface area contributed by atoms with E-state index in [1.54, 1.807) is 11.8 Å². The van der Waals surface area contributed by atoms with Crippen molar-refractivity contribution in [3.8, 4) is 5.75 Å². The molecule has 1 aliphatic heterocycles. The zero-order valence-electron chi connectivity index (χ0n) is 11.9. The third-order valence-corrected chi connectivity index (χ3v) is 3.47. The van der Waals surface area contributed by atoms with Crippen LogP contribution in [0.15, 0.2) is 18.2 Å². The third kappa shape index (κ3) is 2.26. The number of hydrogen-bond acceptors (Lipinski definition) is 4. The summed E-state index contributed by atoms with van der Waals surface area (Å²) in [4.78, 5) is 14.2. The van der Waals surface area contributed by atoms with Gasteiger partial charge in [-0.1, -0.05) is 0 Å². The van der Waals surface area contributed by atoms with Crippen LogP contribution in [-0.2, 0) is 4.79 Å². The summed E-state index contributed by atoms with van der Waals surface area (Å²) < 4.78 is 5.65. The third-order valence-electron chi connectivity index (χ3n) is 3.47. The molecule has 1 atom stereocenters. The minimum Gasteiger partial charge on any atom is -0.479 e. The Kier molecular flexibility index (Phi) is 3.41. The van der Waals surface area contributed by atoms with Crippen LogP contribution in [0.4, 0.5) is 11.4 Å². The lowest BCUT2D eigenvalue weighted by atomic mass is 9.99. The van der Waals surface area contributed by atoms with Crippen molar-refractivity contribution in [1.82, 2.24) is 0 Å². The van der Waals surface area contributed by atoms with Gasteiger partial charge in [0.25, 0.3) is 5.91 Å². The Balaban J connectivity index is 2.57. The Morgan fingerprint density at radius 3 is 2.74 bits per heavy atom. The number of fused-ring (bicyclic) bond motifs is 1. The number of nitrogens with zero attached hydrogens (tertiary/aromatic N) is 1. The summed E-state index contributed by atoms with van der Waals surface area (Å²) in [7, 11) is 1.84. The highest BCUT2D eigenvalue weighted by molar-refractivity contribution is 6.01. The van der Waals surface area contributed by atoms with Crippen molar-refractivity contribution in [2.75, 3.05) is 23.8 Å². The Morgan fingerprint density at radius 1 is 1.47 bits per heavy atom. The van der Waals surface area contributed by atoms with Crippen LogP contribution in [0.3, 0.4) is 0 Å². The van der Waals surface area contributed by atoms with Crippen LogP contribution in [0.1, 0.15) is 20.8 Å². The Morgan fingerprint density at radius 2 is 2.16 bits per heavy atom. The maximum absolute atomic E-state index is 12.4. The molecule has 104 valence electrons. The fraction of sp³-hybridized carbons (Fsp3) is 0.500. The van der Waals surface area contributed by atoms with E-state index in [2.05, 4.69) is 5.32 Å². The first kappa shape index (κ1) is 13.7. The van der Waals surface area contributed by atoms with Gasteiger partial charge in [0.05, 0.1) is 11.2 Å². The lowest BCUT2D eigenvalue weighted by Crippen LogP contribution is -2.58. The van der Waals surface area contributed by atoms with Crippen molar-refractivity contribution in [2.24, 2.45) is 5.73 Å². The number of amides is 1. The summed E-state index contributed by atoms with van der Waals surface area (Å²) in [6.07, 6.45) is -0.487. The fourth-order valence-electron chi connectivity index (χ4n) is 2.20. The van der Waals surface area contributed by atoms with Crippen molar-refractivity contribution in [2.45, 2.75) is 32.4 Å². The van der Waals surface area contributed by atoms with Crippen LogP contribution >= 0.6 is 0 Å². The van der Waals surface area contributed by atoms with Crippen LogP contribution in [0, 0.1) is 0 Å². The second kappa shape index (κ2) is 4.74. The minimum absolute atomic E-state index is 0.0591. The minimum atomic E-state index is -0.487. The monoisotopic (exact) mass is 263 g/mol. The number of carbonyl (C=O) groups excluding carboxylic acids is 1. The normalized spacial score (nSPS) is 18.9. The van der Waals surface area contributed by atoms with E-state index in [4.69, 9.17) is 10.5 Å².